The number of hydrogen-bond donors (Lipinski definition) is 0. The van der Waals surface area contributed by atoms with E-state index in [1.807, 2.05) is 12.2 Å². The molecule has 0 bridgehead atoms. The zero-order valence-corrected chi connectivity index (χ0v) is 6.97. The van der Waals surface area contributed by atoms with Gasteiger partial charge in [-0.05, 0) is 24.8 Å². The molecule has 60 valence electrons. The molecule has 0 aromatic heterocycles. The molecule has 0 aromatic rings. The van der Waals surface area contributed by atoms with E-state index in [2.05, 4.69) is 13.0 Å². The van der Waals surface area contributed by atoms with Gasteiger partial charge in [-0.15, -0.1) is 0 Å². The summed E-state index contributed by atoms with van der Waals surface area (Å²) in [6, 6.07) is 0. The summed E-state index contributed by atoms with van der Waals surface area (Å²) in [6.45, 7) is 2.09. The molecule has 1 heteroatoms. The first kappa shape index (κ1) is 8.25. The number of allylic oxidation sites excluding steroid dienone is 4. The average Bonchev–Trinajstić information content (AvgIpc) is 2.37. The Hall–Kier alpha value is -0.850. The molecule has 1 rings (SSSR count). The minimum atomic E-state index is 0.339. The van der Waals surface area contributed by atoms with E-state index in [4.69, 9.17) is 0 Å². The van der Waals surface area contributed by atoms with Crippen LogP contribution in [-0.2, 0) is 4.79 Å². The quantitative estimate of drug-likeness (QED) is 0.553. The first-order valence-corrected chi connectivity index (χ1v) is 4.23. The van der Waals surface area contributed by atoms with Crippen LogP contribution in [0.4, 0.5) is 0 Å². The van der Waals surface area contributed by atoms with Gasteiger partial charge in [0.15, 0.2) is 5.78 Å². The smallest absolute Gasteiger partial charge is 0.158 e. The lowest BCUT2D eigenvalue weighted by Crippen LogP contribution is -1.89. The molecule has 1 aliphatic carbocycles. The molecule has 0 aliphatic heterocycles. The molecule has 0 unspecified atom stereocenters. The Balaban J connectivity index is 2.51. The summed E-state index contributed by atoms with van der Waals surface area (Å²) >= 11 is 0. The van der Waals surface area contributed by atoms with Gasteiger partial charge in [0.25, 0.3) is 0 Å². The van der Waals surface area contributed by atoms with Gasteiger partial charge in [-0.25, -0.2) is 0 Å². The maximum atomic E-state index is 11.1. The highest BCUT2D eigenvalue weighted by molar-refractivity contribution is 5.97. The van der Waals surface area contributed by atoms with E-state index in [0.29, 0.717) is 5.78 Å². The van der Waals surface area contributed by atoms with E-state index in [9.17, 15) is 4.79 Å². The maximum Gasteiger partial charge on any atom is 0.158 e. The van der Waals surface area contributed by atoms with Crippen LogP contribution in [0.15, 0.2) is 23.8 Å². The molecule has 0 spiro atoms. The second kappa shape index (κ2) is 4.12. The topological polar surface area (TPSA) is 17.1 Å². The van der Waals surface area contributed by atoms with Crippen molar-refractivity contribution in [3.63, 3.8) is 0 Å². The molecule has 1 saturated carbocycles. The van der Waals surface area contributed by atoms with Gasteiger partial charge in [-0.2, -0.15) is 0 Å². The Kier molecular flexibility index (Phi) is 3.09. The number of ketones is 1. The molecule has 0 atom stereocenters. The molecule has 11 heavy (non-hydrogen) atoms. The van der Waals surface area contributed by atoms with E-state index in [0.717, 1.165) is 31.3 Å². The van der Waals surface area contributed by atoms with Crippen LogP contribution in [-0.4, -0.2) is 5.78 Å². The SMILES string of the molecule is CCC=CC=C1CCCC1=O. The second-order valence-corrected chi connectivity index (χ2v) is 2.81. The van der Waals surface area contributed by atoms with Crippen molar-refractivity contribution < 1.29 is 4.79 Å². The fraction of sp³-hybridized carbons (Fsp3) is 0.500. The summed E-state index contributed by atoms with van der Waals surface area (Å²) in [6.07, 6.45) is 9.83. The van der Waals surface area contributed by atoms with Crippen molar-refractivity contribution in [2.45, 2.75) is 32.6 Å². The number of hydrogen-bond acceptors (Lipinski definition) is 1. The minimum absolute atomic E-state index is 0.339. The van der Waals surface area contributed by atoms with E-state index in [1.54, 1.807) is 0 Å². The van der Waals surface area contributed by atoms with Crippen molar-refractivity contribution in [2.75, 3.05) is 0 Å². The van der Waals surface area contributed by atoms with Crippen LogP contribution in [0.3, 0.4) is 0 Å². The molecule has 0 saturated heterocycles. The number of rotatable bonds is 2. The summed E-state index contributed by atoms with van der Waals surface area (Å²) in [5.41, 5.74) is 1.01. The van der Waals surface area contributed by atoms with Crippen molar-refractivity contribution in [2.24, 2.45) is 0 Å². The number of carbonyl (C=O) groups is 1. The average molecular weight is 150 g/mol. The zero-order valence-electron chi connectivity index (χ0n) is 6.97. The lowest BCUT2D eigenvalue weighted by atomic mass is 10.2. The van der Waals surface area contributed by atoms with Crippen molar-refractivity contribution in [3.8, 4) is 0 Å². The summed E-state index contributed by atoms with van der Waals surface area (Å²) in [5.74, 6) is 0.339. The first-order chi connectivity index (χ1) is 5.34. The second-order valence-electron chi connectivity index (χ2n) is 2.81. The predicted molar refractivity (Wildman–Crippen MR) is 46.4 cm³/mol. The highest BCUT2D eigenvalue weighted by Gasteiger charge is 2.15. The van der Waals surface area contributed by atoms with E-state index >= 15 is 0 Å². The summed E-state index contributed by atoms with van der Waals surface area (Å²) in [5, 5.41) is 0. The van der Waals surface area contributed by atoms with E-state index < -0.39 is 0 Å². The third kappa shape index (κ3) is 2.34. The van der Waals surface area contributed by atoms with Crippen LogP contribution < -0.4 is 0 Å². The molecule has 0 aromatic carbocycles. The molecule has 1 aliphatic rings. The van der Waals surface area contributed by atoms with Crippen LogP contribution in [0, 0.1) is 0 Å². The lowest BCUT2D eigenvalue weighted by molar-refractivity contribution is -0.114. The van der Waals surface area contributed by atoms with Gasteiger partial charge in [0.2, 0.25) is 0 Å². The van der Waals surface area contributed by atoms with Gasteiger partial charge in [0.1, 0.15) is 0 Å². The van der Waals surface area contributed by atoms with Gasteiger partial charge in [-0.3, -0.25) is 4.79 Å². The number of carbonyl (C=O) groups excluding carboxylic acids is 1. The summed E-state index contributed by atoms with van der Waals surface area (Å²) < 4.78 is 0. The van der Waals surface area contributed by atoms with E-state index in [1.165, 1.54) is 0 Å². The highest BCUT2D eigenvalue weighted by atomic mass is 16.1. The Morgan fingerprint density at radius 2 is 2.27 bits per heavy atom. The van der Waals surface area contributed by atoms with Crippen molar-refractivity contribution >= 4 is 5.78 Å². The van der Waals surface area contributed by atoms with E-state index in [-0.39, 0.29) is 0 Å². The van der Waals surface area contributed by atoms with Crippen molar-refractivity contribution in [1.82, 2.24) is 0 Å². The maximum absolute atomic E-state index is 11.1. The molecule has 1 fully saturated rings. The molecule has 0 amide bonds. The summed E-state index contributed by atoms with van der Waals surface area (Å²) in [4.78, 5) is 11.1. The number of Topliss-reactive ketones (excluding diaryl/α,β-unsaturated/α-hetero) is 1. The Labute approximate surface area is 67.8 Å². The molecule has 0 N–H and O–H groups in total. The third-order valence-electron chi connectivity index (χ3n) is 1.88. The van der Waals surface area contributed by atoms with Gasteiger partial charge >= 0.3 is 0 Å². The third-order valence-corrected chi connectivity index (χ3v) is 1.88. The Morgan fingerprint density at radius 1 is 1.45 bits per heavy atom. The van der Waals surface area contributed by atoms with Crippen LogP contribution >= 0.6 is 0 Å². The van der Waals surface area contributed by atoms with Gasteiger partial charge < -0.3 is 0 Å². The normalized spacial score (nSPS) is 22.3. The molecule has 0 radical (unpaired) electrons. The van der Waals surface area contributed by atoms with Gasteiger partial charge in [0, 0.05) is 6.42 Å². The molecule has 1 nitrogen and oxygen atoms in total. The molecule has 0 heterocycles. The predicted octanol–water partition coefficient (Wildman–Crippen LogP) is 2.63. The van der Waals surface area contributed by atoms with Gasteiger partial charge in [-0.1, -0.05) is 25.2 Å². The minimum Gasteiger partial charge on any atom is -0.295 e. The van der Waals surface area contributed by atoms with Crippen LogP contribution in [0.25, 0.3) is 0 Å². The van der Waals surface area contributed by atoms with Crippen LogP contribution in [0.5, 0.6) is 0 Å². The Bertz CT molecular complexity index is 199. The summed E-state index contributed by atoms with van der Waals surface area (Å²) in [7, 11) is 0. The van der Waals surface area contributed by atoms with Crippen molar-refractivity contribution in [3.05, 3.63) is 23.8 Å². The zero-order chi connectivity index (χ0) is 8.10. The molecular formula is C10H14O. The fourth-order valence-electron chi connectivity index (χ4n) is 1.24. The van der Waals surface area contributed by atoms with Crippen molar-refractivity contribution in [1.29, 1.82) is 0 Å². The molecular weight excluding hydrogens is 136 g/mol. The first-order valence-electron chi connectivity index (χ1n) is 4.23. The highest BCUT2D eigenvalue weighted by Crippen LogP contribution is 2.19. The monoisotopic (exact) mass is 150 g/mol. The van der Waals surface area contributed by atoms with Crippen LogP contribution in [0.1, 0.15) is 32.6 Å². The lowest BCUT2D eigenvalue weighted by Gasteiger charge is -1.87. The van der Waals surface area contributed by atoms with Crippen LogP contribution in [0.2, 0.25) is 0 Å². The fourth-order valence-corrected chi connectivity index (χ4v) is 1.24. The Morgan fingerprint density at radius 3 is 2.82 bits per heavy atom. The van der Waals surface area contributed by atoms with Gasteiger partial charge in [0.05, 0.1) is 0 Å². The largest absolute Gasteiger partial charge is 0.295 e. The standard InChI is InChI=1S/C10H14O/c1-2-3-4-6-9-7-5-8-10(9)11/h3-4,6H,2,5,7-8H2,1H3.